The van der Waals surface area contributed by atoms with E-state index in [9.17, 15) is 19.8 Å². The molecule has 0 saturated heterocycles. The molecule has 9 heteroatoms. The van der Waals surface area contributed by atoms with Gasteiger partial charge in [0.2, 0.25) is 5.91 Å². The van der Waals surface area contributed by atoms with E-state index in [1.807, 2.05) is 13.0 Å². The van der Waals surface area contributed by atoms with Gasteiger partial charge in [0.1, 0.15) is 17.2 Å². The second-order valence-corrected chi connectivity index (χ2v) is 7.87. The molecule has 2 amide bonds. The Labute approximate surface area is 183 Å². The van der Waals surface area contributed by atoms with Gasteiger partial charge in [0.05, 0.1) is 11.6 Å². The first-order valence-electron chi connectivity index (χ1n) is 9.74. The van der Waals surface area contributed by atoms with Crippen molar-refractivity contribution in [2.45, 2.75) is 19.9 Å². The maximum atomic E-state index is 12.7. The van der Waals surface area contributed by atoms with E-state index >= 15 is 0 Å². The van der Waals surface area contributed by atoms with Crippen molar-refractivity contribution in [3.8, 4) is 22.8 Å². The fourth-order valence-corrected chi connectivity index (χ4v) is 3.79. The molecule has 8 nitrogen and oxygen atoms in total. The average molecular weight is 441 g/mol. The number of hydrogen-bond acceptors (Lipinski definition) is 5. The van der Waals surface area contributed by atoms with Crippen LogP contribution in [0.2, 0.25) is 5.02 Å². The molecule has 1 aliphatic rings. The Hall–Kier alpha value is -3.52. The zero-order valence-corrected chi connectivity index (χ0v) is 17.5. The highest BCUT2D eigenvalue weighted by molar-refractivity contribution is 6.32. The number of amides is 2. The Morgan fingerprint density at radius 1 is 1.23 bits per heavy atom. The van der Waals surface area contributed by atoms with E-state index in [2.05, 4.69) is 15.5 Å². The first-order valence-corrected chi connectivity index (χ1v) is 10.1. The fraction of sp³-hybridized carbons (Fsp3) is 0.227. The summed E-state index contributed by atoms with van der Waals surface area (Å²) in [6, 6.07) is 9.75. The van der Waals surface area contributed by atoms with Gasteiger partial charge in [-0.25, -0.2) is 0 Å². The minimum atomic E-state index is -0.303. The van der Waals surface area contributed by atoms with Gasteiger partial charge in [-0.15, -0.1) is 0 Å². The van der Waals surface area contributed by atoms with Crippen LogP contribution in [0.3, 0.4) is 0 Å². The van der Waals surface area contributed by atoms with Gasteiger partial charge in [0.25, 0.3) is 5.91 Å². The van der Waals surface area contributed by atoms with Crippen LogP contribution in [-0.2, 0) is 17.8 Å². The second-order valence-electron chi connectivity index (χ2n) is 7.47. The zero-order valence-electron chi connectivity index (χ0n) is 16.8. The molecular weight excluding hydrogens is 420 g/mol. The third-order valence-corrected chi connectivity index (χ3v) is 5.59. The van der Waals surface area contributed by atoms with Crippen LogP contribution in [0.5, 0.6) is 11.5 Å². The molecule has 2 aromatic carbocycles. The normalized spacial score (nSPS) is 13.0. The molecular formula is C22H21ClN4O4. The zero-order chi connectivity index (χ0) is 22.1. The Balaban J connectivity index is 1.48. The van der Waals surface area contributed by atoms with Crippen LogP contribution in [0, 0.1) is 6.92 Å². The van der Waals surface area contributed by atoms with E-state index < -0.39 is 0 Å². The number of phenols is 2. The molecule has 1 aliphatic heterocycles. The number of H-pyrrole nitrogens is 1. The van der Waals surface area contributed by atoms with E-state index in [0.29, 0.717) is 29.8 Å². The van der Waals surface area contributed by atoms with Crippen LogP contribution >= 0.6 is 11.6 Å². The third-order valence-electron chi connectivity index (χ3n) is 5.29. The minimum Gasteiger partial charge on any atom is -0.507 e. The van der Waals surface area contributed by atoms with Crippen LogP contribution in [0.1, 0.15) is 27.2 Å². The van der Waals surface area contributed by atoms with Crippen LogP contribution in [-0.4, -0.2) is 50.2 Å². The highest BCUT2D eigenvalue weighted by Crippen LogP contribution is 2.39. The molecule has 1 aromatic heterocycles. The summed E-state index contributed by atoms with van der Waals surface area (Å²) < 4.78 is 0. The lowest BCUT2D eigenvalue weighted by molar-refractivity contribution is -0.131. The quantitative estimate of drug-likeness (QED) is 0.497. The number of aromatic amines is 1. The van der Waals surface area contributed by atoms with Gasteiger partial charge in [-0.3, -0.25) is 14.7 Å². The lowest BCUT2D eigenvalue weighted by Gasteiger charge is -2.27. The van der Waals surface area contributed by atoms with Crippen LogP contribution in [0.25, 0.3) is 11.3 Å². The Morgan fingerprint density at radius 3 is 2.81 bits per heavy atom. The van der Waals surface area contributed by atoms with Gasteiger partial charge in [-0.05, 0) is 25.1 Å². The SMILES string of the molecule is Cc1cccc(C(=O)NCC(=O)N2CCc3[nH]nc(-c4cc(Cl)c(O)cc4O)c3C2)c1. The molecule has 31 heavy (non-hydrogen) atoms. The average Bonchev–Trinajstić information content (AvgIpc) is 3.17. The van der Waals surface area contributed by atoms with E-state index in [1.165, 1.54) is 6.07 Å². The molecule has 0 unspecified atom stereocenters. The number of carbonyl (C=O) groups excluding carboxylic acids is 2. The predicted molar refractivity (Wildman–Crippen MR) is 115 cm³/mol. The number of hydrogen-bond donors (Lipinski definition) is 4. The lowest BCUT2D eigenvalue weighted by atomic mass is 10.00. The van der Waals surface area contributed by atoms with Gasteiger partial charge in [0, 0.05) is 48.0 Å². The van der Waals surface area contributed by atoms with Gasteiger partial charge >= 0.3 is 0 Å². The third kappa shape index (κ3) is 4.20. The monoisotopic (exact) mass is 440 g/mol. The van der Waals surface area contributed by atoms with Crippen molar-refractivity contribution in [1.82, 2.24) is 20.4 Å². The highest BCUT2D eigenvalue weighted by atomic mass is 35.5. The Morgan fingerprint density at radius 2 is 2.03 bits per heavy atom. The Bertz CT molecular complexity index is 1170. The van der Waals surface area contributed by atoms with Crippen LogP contribution < -0.4 is 5.32 Å². The molecule has 4 rings (SSSR count). The predicted octanol–water partition coefficient (Wildman–Crippen LogP) is 2.76. The maximum Gasteiger partial charge on any atom is 0.251 e. The summed E-state index contributed by atoms with van der Waals surface area (Å²) in [4.78, 5) is 26.7. The fourth-order valence-electron chi connectivity index (χ4n) is 3.63. The largest absolute Gasteiger partial charge is 0.507 e. The smallest absolute Gasteiger partial charge is 0.251 e. The van der Waals surface area contributed by atoms with Crippen molar-refractivity contribution in [2.75, 3.05) is 13.1 Å². The van der Waals surface area contributed by atoms with E-state index in [0.717, 1.165) is 22.9 Å². The molecule has 3 aromatic rings. The summed E-state index contributed by atoms with van der Waals surface area (Å²) in [6.07, 6.45) is 0.562. The number of aromatic nitrogens is 2. The maximum absolute atomic E-state index is 12.7. The van der Waals surface area contributed by atoms with Crippen molar-refractivity contribution >= 4 is 23.4 Å². The molecule has 4 N–H and O–H groups in total. The Kier molecular flexibility index (Phi) is 5.56. The topological polar surface area (TPSA) is 119 Å². The van der Waals surface area contributed by atoms with Crippen LogP contribution in [0.4, 0.5) is 0 Å². The number of carbonyl (C=O) groups is 2. The molecule has 0 spiro atoms. The molecule has 0 aliphatic carbocycles. The van der Waals surface area contributed by atoms with Gasteiger partial charge in [0.15, 0.2) is 0 Å². The summed E-state index contributed by atoms with van der Waals surface area (Å²) in [6.45, 7) is 2.54. The number of phenolic OH excluding ortho intramolecular Hbond substituents is 2. The first-order chi connectivity index (χ1) is 14.8. The number of benzene rings is 2. The summed E-state index contributed by atoms with van der Waals surface area (Å²) in [5.74, 6) is -0.910. The first kappa shape index (κ1) is 20.7. The van der Waals surface area contributed by atoms with Crippen molar-refractivity contribution in [3.63, 3.8) is 0 Å². The van der Waals surface area contributed by atoms with E-state index in [4.69, 9.17) is 11.6 Å². The number of aryl methyl sites for hydroxylation is 1. The number of halogens is 1. The molecule has 2 heterocycles. The van der Waals surface area contributed by atoms with Crippen molar-refractivity contribution < 1.29 is 19.8 Å². The molecule has 0 atom stereocenters. The van der Waals surface area contributed by atoms with Crippen molar-refractivity contribution in [1.29, 1.82) is 0 Å². The van der Waals surface area contributed by atoms with Crippen molar-refractivity contribution in [3.05, 3.63) is 63.8 Å². The molecule has 0 radical (unpaired) electrons. The minimum absolute atomic E-state index is 0.0900. The summed E-state index contributed by atoms with van der Waals surface area (Å²) in [7, 11) is 0. The second kappa shape index (κ2) is 8.31. The number of aromatic hydroxyl groups is 2. The van der Waals surface area contributed by atoms with Gasteiger partial charge in [-0.2, -0.15) is 5.10 Å². The number of rotatable bonds is 4. The van der Waals surface area contributed by atoms with Crippen molar-refractivity contribution in [2.24, 2.45) is 0 Å². The van der Waals surface area contributed by atoms with E-state index in [1.54, 1.807) is 23.1 Å². The summed E-state index contributed by atoms with van der Waals surface area (Å²) >= 11 is 5.99. The van der Waals surface area contributed by atoms with Gasteiger partial charge < -0.3 is 20.4 Å². The van der Waals surface area contributed by atoms with Gasteiger partial charge in [-0.1, -0.05) is 29.3 Å². The number of nitrogens with one attached hydrogen (secondary N) is 2. The molecule has 0 fully saturated rings. The summed E-state index contributed by atoms with van der Waals surface area (Å²) in [5, 5.41) is 29.9. The summed E-state index contributed by atoms with van der Waals surface area (Å²) in [5.41, 5.74) is 3.93. The molecule has 160 valence electrons. The van der Waals surface area contributed by atoms with Crippen LogP contribution in [0.15, 0.2) is 36.4 Å². The molecule has 0 saturated carbocycles. The lowest BCUT2D eigenvalue weighted by Crippen LogP contribution is -2.42. The molecule has 0 bridgehead atoms. The number of fused-ring (bicyclic) bond motifs is 1. The standard InChI is InChI=1S/C22H21ClN4O4/c1-12-3-2-4-13(7-12)22(31)24-10-20(30)27-6-5-17-15(11-27)21(26-25-17)14-8-16(23)19(29)9-18(14)28/h2-4,7-9,28-29H,5-6,10-11H2,1H3,(H,24,31)(H,25,26). The van der Waals surface area contributed by atoms with E-state index in [-0.39, 0.29) is 41.4 Å². The number of nitrogens with zero attached hydrogens (tertiary/aromatic N) is 2. The highest BCUT2D eigenvalue weighted by Gasteiger charge is 2.27.